The minimum atomic E-state index is -0.0707. The molecule has 2 atom stereocenters. The topological polar surface area (TPSA) is 52.0 Å². The second-order valence-corrected chi connectivity index (χ2v) is 5.72. The predicted molar refractivity (Wildman–Crippen MR) is 80.8 cm³/mol. The highest BCUT2D eigenvalue weighted by molar-refractivity contribution is 5.80. The number of hydrogen-bond acceptors (Lipinski definition) is 3. The lowest BCUT2D eigenvalue weighted by Crippen LogP contribution is -3.12. The van der Waals surface area contributed by atoms with Gasteiger partial charge in [-0.15, -0.1) is 0 Å². The number of rotatable bonds is 7. The van der Waals surface area contributed by atoms with Crippen LogP contribution in [0.3, 0.4) is 0 Å². The molecule has 1 aromatic rings. The Morgan fingerprint density at radius 3 is 2.57 bits per heavy atom. The molecule has 1 amide bonds. The van der Waals surface area contributed by atoms with Gasteiger partial charge in [0, 0.05) is 11.6 Å². The van der Waals surface area contributed by atoms with E-state index in [1.807, 2.05) is 32.2 Å². The van der Waals surface area contributed by atoms with Crippen LogP contribution < -0.4 is 19.7 Å². The number of likely N-dealkylation sites (N-methyl/N-ethyl adjacent to an activating group) is 1. The summed E-state index contributed by atoms with van der Waals surface area (Å²) in [4.78, 5) is 13.2. The molecule has 1 unspecified atom stereocenters. The van der Waals surface area contributed by atoms with E-state index < -0.39 is 0 Å². The van der Waals surface area contributed by atoms with Crippen LogP contribution >= 0.6 is 0 Å². The van der Waals surface area contributed by atoms with Crippen LogP contribution in [0.15, 0.2) is 18.2 Å². The molecular formula is C16H25N2O3+. The van der Waals surface area contributed by atoms with Crippen LogP contribution in [0.1, 0.15) is 25.3 Å². The van der Waals surface area contributed by atoms with E-state index in [4.69, 9.17) is 9.47 Å². The quantitative estimate of drug-likeness (QED) is 0.764. The summed E-state index contributed by atoms with van der Waals surface area (Å²) >= 11 is 0. The molecule has 1 aliphatic rings. The number of benzene rings is 1. The fourth-order valence-corrected chi connectivity index (χ4v) is 2.24. The van der Waals surface area contributed by atoms with Crippen molar-refractivity contribution in [3.63, 3.8) is 0 Å². The second kappa shape index (κ2) is 6.80. The predicted octanol–water partition coefficient (Wildman–Crippen LogP) is 0.386. The van der Waals surface area contributed by atoms with Crippen LogP contribution in [-0.2, 0) is 11.3 Å². The molecule has 5 heteroatoms. The Morgan fingerprint density at radius 1 is 1.33 bits per heavy atom. The monoisotopic (exact) mass is 293 g/mol. The van der Waals surface area contributed by atoms with Crippen molar-refractivity contribution in [2.45, 2.75) is 38.4 Å². The average molecular weight is 293 g/mol. The first-order valence-electron chi connectivity index (χ1n) is 7.38. The Bertz CT molecular complexity index is 500. The second-order valence-electron chi connectivity index (χ2n) is 5.72. The van der Waals surface area contributed by atoms with E-state index in [-0.39, 0.29) is 11.9 Å². The first-order valence-corrected chi connectivity index (χ1v) is 7.38. The van der Waals surface area contributed by atoms with Gasteiger partial charge in [-0.3, -0.25) is 4.79 Å². The third-order valence-corrected chi connectivity index (χ3v) is 3.99. The van der Waals surface area contributed by atoms with Crippen molar-refractivity contribution in [2.24, 2.45) is 0 Å². The smallest absolute Gasteiger partial charge is 0.278 e. The van der Waals surface area contributed by atoms with E-state index in [9.17, 15) is 4.79 Å². The van der Waals surface area contributed by atoms with E-state index >= 15 is 0 Å². The van der Waals surface area contributed by atoms with E-state index in [0.717, 1.165) is 41.3 Å². The van der Waals surface area contributed by atoms with E-state index in [1.54, 1.807) is 14.2 Å². The summed E-state index contributed by atoms with van der Waals surface area (Å²) in [6, 6.07) is 6.22. The van der Waals surface area contributed by atoms with Crippen LogP contribution in [0.5, 0.6) is 11.5 Å². The van der Waals surface area contributed by atoms with Crippen LogP contribution in [-0.4, -0.2) is 39.3 Å². The molecular weight excluding hydrogens is 268 g/mol. The number of ether oxygens (including phenoxy) is 2. The van der Waals surface area contributed by atoms with Gasteiger partial charge in [-0.05, 0) is 38.0 Å². The maximum Gasteiger partial charge on any atom is 0.278 e. The molecule has 2 N–H and O–H groups in total. The lowest BCUT2D eigenvalue weighted by atomic mass is 10.1. The van der Waals surface area contributed by atoms with Crippen molar-refractivity contribution in [3.05, 3.63) is 23.8 Å². The van der Waals surface area contributed by atoms with Crippen molar-refractivity contribution < 1.29 is 19.2 Å². The Labute approximate surface area is 126 Å². The maximum absolute atomic E-state index is 12.1. The number of hydrogen-bond donors (Lipinski definition) is 2. The highest BCUT2D eigenvalue weighted by atomic mass is 16.5. The van der Waals surface area contributed by atoms with Crippen molar-refractivity contribution in [1.29, 1.82) is 0 Å². The molecule has 1 aliphatic carbocycles. The Balaban J connectivity index is 1.97. The number of carbonyl (C=O) groups is 1. The number of carbonyl (C=O) groups excluding carboxylic acids is 1. The molecule has 21 heavy (non-hydrogen) atoms. The first-order chi connectivity index (χ1) is 10.0. The molecule has 1 fully saturated rings. The largest absolute Gasteiger partial charge is 0.493 e. The van der Waals surface area contributed by atoms with E-state index in [2.05, 4.69) is 5.32 Å². The fourth-order valence-electron chi connectivity index (χ4n) is 2.24. The third-order valence-electron chi connectivity index (χ3n) is 3.99. The highest BCUT2D eigenvalue weighted by Crippen LogP contribution is 2.27. The SMILES string of the molecule is COc1ccc(C[NH+](C)[C@@H](C)C(=O)NC2CC2)cc1OC. The lowest BCUT2D eigenvalue weighted by Gasteiger charge is -2.21. The summed E-state index contributed by atoms with van der Waals surface area (Å²) in [6.45, 7) is 2.73. The summed E-state index contributed by atoms with van der Waals surface area (Å²) in [6.07, 6.45) is 2.24. The molecule has 2 rings (SSSR count). The van der Waals surface area contributed by atoms with Crippen LogP contribution in [0, 0.1) is 0 Å². The van der Waals surface area contributed by atoms with Gasteiger partial charge >= 0.3 is 0 Å². The molecule has 0 spiro atoms. The van der Waals surface area contributed by atoms with Crippen LogP contribution in [0.2, 0.25) is 0 Å². The Hall–Kier alpha value is -1.75. The first kappa shape index (κ1) is 15.6. The summed E-state index contributed by atoms with van der Waals surface area (Å²) in [5, 5.41) is 3.06. The molecule has 0 saturated heterocycles. The molecule has 0 bridgehead atoms. The average Bonchev–Trinajstić information content (AvgIpc) is 3.29. The standard InChI is InChI=1S/C16H24N2O3/c1-11(16(19)17-13-6-7-13)18(2)10-12-5-8-14(20-3)15(9-12)21-4/h5,8-9,11,13H,6-7,10H2,1-4H3,(H,17,19)/p+1/t11-/m0/s1. The van der Waals surface area contributed by atoms with Crippen LogP contribution in [0.4, 0.5) is 0 Å². The molecule has 0 aliphatic heterocycles. The molecule has 1 aromatic carbocycles. The normalized spacial score (nSPS) is 17.0. The highest BCUT2D eigenvalue weighted by Gasteiger charge is 2.29. The minimum Gasteiger partial charge on any atom is -0.493 e. The van der Waals surface area contributed by atoms with Crippen molar-refractivity contribution in [1.82, 2.24) is 5.32 Å². The van der Waals surface area contributed by atoms with Gasteiger partial charge in [-0.1, -0.05) is 0 Å². The van der Waals surface area contributed by atoms with Gasteiger partial charge in [-0.25, -0.2) is 0 Å². The van der Waals surface area contributed by atoms with Crippen molar-refractivity contribution in [2.75, 3.05) is 21.3 Å². The van der Waals surface area contributed by atoms with E-state index in [0.29, 0.717) is 6.04 Å². The zero-order valence-electron chi connectivity index (χ0n) is 13.2. The van der Waals surface area contributed by atoms with Gasteiger partial charge in [0.25, 0.3) is 5.91 Å². The van der Waals surface area contributed by atoms with Gasteiger partial charge in [0.1, 0.15) is 6.54 Å². The minimum absolute atomic E-state index is 0.0707. The van der Waals surface area contributed by atoms with Gasteiger partial charge < -0.3 is 19.7 Å². The summed E-state index contributed by atoms with van der Waals surface area (Å²) in [5.74, 6) is 1.58. The summed E-state index contributed by atoms with van der Waals surface area (Å²) < 4.78 is 10.6. The van der Waals surface area contributed by atoms with E-state index in [1.165, 1.54) is 0 Å². The summed E-state index contributed by atoms with van der Waals surface area (Å²) in [7, 11) is 5.29. The van der Waals surface area contributed by atoms with Gasteiger partial charge in [-0.2, -0.15) is 0 Å². The fraction of sp³-hybridized carbons (Fsp3) is 0.562. The molecule has 1 saturated carbocycles. The van der Waals surface area contributed by atoms with Crippen molar-refractivity contribution in [3.8, 4) is 11.5 Å². The van der Waals surface area contributed by atoms with Crippen LogP contribution in [0.25, 0.3) is 0 Å². The van der Waals surface area contributed by atoms with Gasteiger partial charge in [0.05, 0.1) is 21.3 Å². The maximum atomic E-state index is 12.1. The number of quaternary nitrogens is 1. The van der Waals surface area contributed by atoms with Gasteiger partial charge in [0.2, 0.25) is 0 Å². The third kappa shape index (κ3) is 4.11. The zero-order valence-corrected chi connectivity index (χ0v) is 13.2. The molecule has 0 heterocycles. The molecule has 5 nitrogen and oxygen atoms in total. The Kier molecular flexibility index (Phi) is 5.07. The molecule has 0 radical (unpaired) electrons. The van der Waals surface area contributed by atoms with Crippen molar-refractivity contribution >= 4 is 5.91 Å². The molecule has 116 valence electrons. The number of methoxy groups -OCH3 is 2. The zero-order chi connectivity index (χ0) is 15.4. The van der Waals surface area contributed by atoms with Gasteiger partial charge in [0.15, 0.2) is 17.5 Å². The summed E-state index contributed by atoms with van der Waals surface area (Å²) in [5.41, 5.74) is 1.12. The Morgan fingerprint density at radius 2 is 2.00 bits per heavy atom. The number of amides is 1. The molecule has 0 aromatic heterocycles. The lowest BCUT2D eigenvalue weighted by molar-refractivity contribution is -0.908. The number of nitrogens with one attached hydrogen (secondary N) is 2.